The highest BCUT2D eigenvalue weighted by Crippen LogP contribution is 2.29. The minimum Gasteiger partial charge on any atom is -0.493 e. The van der Waals surface area contributed by atoms with Gasteiger partial charge in [-0.3, -0.25) is 4.79 Å². The van der Waals surface area contributed by atoms with E-state index in [0.29, 0.717) is 18.7 Å². The Kier molecular flexibility index (Phi) is 7.74. The fourth-order valence-electron chi connectivity index (χ4n) is 2.80. The number of alkyl halides is 2. The second kappa shape index (κ2) is 10.0. The molecule has 0 spiro atoms. The molecule has 154 valence electrons. The van der Waals surface area contributed by atoms with Gasteiger partial charge in [0.2, 0.25) is 0 Å². The smallest absolute Gasteiger partial charge is 0.387 e. The molecule has 1 saturated heterocycles. The van der Waals surface area contributed by atoms with Crippen molar-refractivity contribution in [2.24, 2.45) is 0 Å². The highest BCUT2D eigenvalue weighted by molar-refractivity contribution is 5.89. The van der Waals surface area contributed by atoms with Crippen molar-refractivity contribution in [1.82, 2.24) is 4.90 Å². The van der Waals surface area contributed by atoms with Crippen molar-refractivity contribution in [3.8, 4) is 11.5 Å². The van der Waals surface area contributed by atoms with Crippen molar-refractivity contribution >= 4 is 18.0 Å². The molecular formula is C19H23F2NO6. The quantitative estimate of drug-likeness (QED) is 0.518. The molecule has 0 saturated carbocycles. The molecule has 1 aliphatic heterocycles. The average Bonchev–Trinajstić information content (AvgIpc) is 2.64. The van der Waals surface area contributed by atoms with Crippen LogP contribution in [-0.4, -0.2) is 62.4 Å². The van der Waals surface area contributed by atoms with Crippen LogP contribution in [0.1, 0.15) is 19.4 Å². The summed E-state index contributed by atoms with van der Waals surface area (Å²) in [6, 6.07) is 4.22. The van der Waals surface area contributed by atoms with Gasteiger partial charge >= 0.3 is 12.6 Å². The molecule has 1 aromatic rings. The first-order valence-electron chi connectivity index (χ1n) is 8.69. The summed E-state index contributed by atoms with van der Waals surface area (Å²) in [6.07, 6.45) is 2.41. The summed E-state index contributed by atoms with van der Waals surface area (Å²) < 4.78 is 44.5. The number of halogens is 2. The highest BCUT2D eigenvalue weighted by Gasteiger charge is 2.26. The summed E-state index contributed by atoms with van der Waals surface area (Å²) in [7, 11) is 1.31. The van der Waals surface area contributed by atoms with E-state index in [-0.39, 0.29) is 36.2 Å². The predicted octanol–water partition coefficient (Wildman–Crippen LogP) is 2.49. The number of methoxy groups -OCH3 is 1. The number of esters is 1. The van der Waals surface area contributed by atoms with Crippen LogP contribution in [0.25, 0.3) is 6.08 Å². The second-order valence-corrected chi connectivity index (χ2v) is 6.29. The largest absolute Gasteiger partial charge is 0.493 e. The Morgan fingerprint density at radius 2 is 1.93 bits per heavy atom. The molecule has 9 heteroatoms. The van der Waals surface area contributed by atoms with Crippen molar-refractivity contribution in [3.63, 3.8) is 0 Å². The fraction of sp³-hybridized carbons (Fsp3) is 0.474. The lowest BCUT2D eigenvalue weighted by Crippen LogP contribution is -2.49. The molecule has 1 aliphatic rings. The SMILES string of the molecule is COc1cc(/C=C/C(=O)OCC(=O)N2C[C@@H](C)O[C@@H](C)C2)ccc1OC(F)F. The Balaban J connectivity index is 1.88. The molecule has 7 nitrogen and oxygen atoms in total. The normalized spacial score (nSPS) is 19.7. The number of amides is 1. The Labute approximate surface area is 161 Å². The maximum Gasteiger partial charge on any atom is 0.387 e. The van der Waals surface area contributed by atoms with Gasteiger partial charge in [0.05, 0.1) is 19.3 Å². The molecule has 1 fully saturated rings. The van der Waals surface area contributed by atoms with E-state index in [2.05, 4.69) is 4.74 Å². The average molecular weight is 399 g/mol. The summed E-state index contributed by atoms with van der Waals surface area (Å²) in [6.45, 7) is 1.30. The molecule has 0 unspecified atom stereocenters. The van der Waals surface area contributed by atoms with Gasteiger partial charge in [-0.1, -0.05) is 6.07 Å². The lowest BCUT2D eigenvalue weighted by Gasteiger charge is -2.35. The minimum absolute atomic E-state index is 0.0738. The summed E-state index contributed by atoms with van der Waals surface area (Å²) in [4.78, 5) is 25.6. The number of hydrogen-bond donors (Lipinski definition) is 0. The highest BCUT2D eigenvalue weighted by atomic mass is 19.3. The number of benzene rings is 1. The first-order valence-corrected chi connectivity index (χ1v) is 8.69. The van der Waals surface area contributed by atoms with Gasteiger partial charge in [-0.15, -0.1) is 0 Å². The molecule has 1 amide bonds. The molecule has 0 radical (unpaired) electrons. The van der Waals surface area contributed by atoms with Crippen LogP contribution >= 0.6 is 0 Å². The number of hydrogen-bond acceptors (Lipinski definition) is 6. The summed E-state index contributed by atoms with van der Waals surface area (Å²) >= 11 is 0. The van der Waals surface area contributed by atoms with Gasteiger partial charge in [0.25, 0.3) is 5.91 Å². The molecule has 0 aromatic heterocycles. The summed E-state index contributed by atoms with van der Waals surface area (Å²) in [5.74, 6) is -1.01. The fourth-order valence-corrected chi connectivity index (χ4v) is 2.80. The zero-order valence-corrected chi connectivity index (χ0v) is 15.9. The zero-order chi connectivity index (χ0) is 20.7. The van der Waals surface area contributed by atoms with Gasteiger partial charge in [0, 0.05) is 19.2 Å². The molecule has 0 aliphatic carbocycles. The van der Waals surface area contributed by atoms with Crippen LogP contribution in [0.15, 0.2) is 24.3 Å². The lowest BCUT2D eigenvalue weighted by molar-refractivity contribution is -0.154. The van der Waals surface area contributed by atoms with Crippen LogP contribution in [-0.2, 0) is 19.1 Å². The summed E-state index contributed by atoms with van der Waals surface area (Å²) in [5.41, 5.74) is 0.512. The minimum atomic E-state index is -2.97. The van der Waals surface area contributed by atoms with E-state index in [1.54, 1.807) is 4.90 Å². The van der Waals surface area contributed by atoms with Crippen molar-refractivity contribution < 1.29 is 37.3 Å². The maximum atomic E-state index is 12.3. The first kappa shape index (κ1) is 21.6. The van der Waals surface area contributed by atoms with Gasteiger partial charge in [0.15, 0.2) is 18.1 Å². The standard InChI is InChI=1S/C19H23F2NO6/c1-12-9-22(10-13(2)27-12)17(23)11-26-18(24)7-5-14-4-6-15(28-19(20)21)16(8-14)25-3/h4-8,12-13,19H,9-11H2,1-3H3/b7-5+/t12-,13+. The third-order valence-electron chi connectivity index (χ3n) is 3.93. The Morgan fingerprint density at radius 3 is 2.54 bits per heavy atom. The van der Waals surface area contributed by atoms with Crippen LogP contribution in [0.3, 0.4) is 0 Å². The van der Waals surface area contributed by atoms with Crippen molar-refractivity contribution in [2.45, 2.75) is 32.7 Å². The van der Waals surface area contributed by atoms with Crippen LogP contribution in [0.4, 0.5) is 8.78 Å². The van der Waals surface area contributed by atoms with Crippen molar-refractivity contribution in [3.05, 3.63) is 29.8 Å². The van der Waals surface area contributed by atoms with Gasteiger partial charge < -0.3 is 23.8 Å². The van der Waals surface area contributed by atoms with E-state index in [4.69, 9.17) is 14.2 Å². The van der Waals surface area contributed by atoms with Gasteiger partial charge in [-0.05, 0) is 37.6 Å². The van der Waals surface area contributed by atoms with Crippen molar-refractivity contribution in [2.75, 3.05) is 26.8 Å². The molecule has 2 rings (SSSR count). The lowest BCUT2D eigenvalue weighted by atomic mass is 10.2. The summed E-state index contributed by atoms with van der Waals surface area (Å²) in [5, 5.41) is 0. The number of rotatable bonds is 7. The monoisotopic (exact) mass is 399 g/mol. The van der Waals surface area contributed by atoms with E-state index >= 15 is 0 Å². The van der Waals surface area contributed by atoms with E-state index in [1.807, 2.05) is 13.8 Å². The van der Waals surface area contributed by atoms with E-state index in [1.165, 1.54) is 31.4 Å². The Hall–Kier alpha value is -2.68. The number of ether oxygens (including phenoxy) is 4. The number of carbonyl (C=O) groups is 2. The number of morpholine rings is 1. The molecule has 2 atom stereocenters. The van der Waals surface area contributed by atoms with Crippen LogP contribution in [0.5, 0.6) is 11.5 Å². The van der Waals surface area contributed by atoms with Crippen molar-refractivity contribution in [1.29, 1.82) is 0 Å². The van der Waals surface area contributed by atoms with Gasteiger partial charge in [-0.2, -0.15) is 8.78 Å². The Morgan fingerprint density at radius 1 is 1.25 bits per heavy atom. The molecular weight excluding hydrogens is 376 g/mol. The second-order valence-electron chi connectivity index (χ2n) is 6.29. The third-order valence-corrected chi connectivity index (χ3v) is 3.93. The zero-order valence-electron chi connectivity index (χ0n) is 15.9. The van der Waals surface area contributed by atoms with E-state index in [0.717, 1.165) is 6.08 Å². The topological polar surface area (TPSA) is 74.3 Å². The third kappa shape index (κ3) is 6.49. The van der Waals surface area contributed by atoms with Gasteiger partial charge in [-0.25, -0.2) is 4.79 Å². The van der Waals surface area contributed by atoms with Crippen LogP contribution in [0.2, 0.25) is 0 Å². The van der Waals surface area contributed by atoms with E-state index < -0.39 is 12.6 Å². The number of carbonyl (C=O) groups excluding carboxylic acids is 2. The predicted molar refractivity (Wildman–Crippen MR) is 96.2 cm³/mol. The molecule has 0 N–H and O–H groups in total. The van der Waals surface area contributed by atoms with Gasteiger partial charge in [0.1, 0.15) is 0 Å². The molecule has 1 heterocycles. The molecule has 0 bridgehead atoms. The molecule has 28 heavy (non-hydrogen) atoms. The maximum absolute atomic E-state index is 12.3. The van der Waals surface area contributed by atoms with Crippen LogP contribution < -0.4 is 9.47 Å². The number of nitrogens with zero attached hydrogens (tertiary/aromatic N) is 1. The Bertz CT molecular complexity index is 714. The van der Waals surface area contributed by atoms with Crippen LogP contribution in [0, 0.1) is 0 Å². The first-order chi connectivity index (χ1) is 13.3. The molecule has 1 aromatic carbocycles. The van der Waals surface area contributed by atoms with E-state index in [9.17, 15) is 18.4 Å².